The average Bonchev–Trinajstić information content (AvgIpc) is 3.15. The number of imide groups is 1. The zero-order chi connectivity index (χ0) is 17.1. The van der Waals surface area contributed by atoms with Gasteiger partial charge in [-0.25, -0.2) is 4.79 Å². The summed E-state index contributed by atoms with van der Waals surface area (Å²) in [4.78, 5) is 36.6. The summed E-state index contributed by atoms with van der Waals surface area (Å²) < 4.78 is 10.6. The number of nitrogens with zero attached hydrogens (tertiary/aromatic N) is 1. The van der Waals surface area contributed by atoms with Crippen molar-refractivity contribution < 1.29 is 23.9 Å². The smallest absolute Gasteiger partial charge is 0.322 e. The molecule has 2 N–H and O–H groups in total. The molecule has 4 amide bonds. The van der Waals surface area contributed by atoms with Crippen LogP contribution in [-0.4, -0.2) is 42.1 Å². The lowest BCUT2D eigenvalue weighted by Gasteiger charge is -2.21. The first-order valence-corrected chi connectivity index (χ1v) is 7.84. The molecule has 128 valence electrons. The van der Waals surface area contributed by atoms with Crippen molar-refractivity contribution in [3.05, 3.63) is 23.8 Å². The van der Waals surface area contributed by atoms with Crippen molar-refractivity contribution in [1.29, 1.82) is 0 Å². The molecule has 3 rings (SSSR count). The molecule has 24 heavy (non-hydrogen) atoms. The third kappa shape index (κ3) is 3.42. The molecule has 2 aliphatic rings. The van der Waals surface area contributed by atoms with E-state index in [4.69, 9.17) is 9.47 Å². The molecule has 1 aromatic rings. The lowest BCUT2D eigenvalue weighted by atomic mass is 10.1. The molecule has 2 heterocycles. The van der Waals surface area contributed by atoms with E-state index in [-0.39, 0.29) is 31.4 Å². The number of hydrogen-bond donors (Lipinski definition) is 2. The lowest BCUT2D eigenvalue weighted by molar-refractivity contribution is -0.132. The van der Waals surface area contributed by atoms with E-state index in [0.29, 0.717) is 24.6 Å². The van der Waals surface area contributed by atoms with Crippen LogP contribution in [0, 0.1) is 0 Å². The zero-order valence-electron chi connectivity index (χ0n) is 13.3. The van der Waals surface area contributed by atoms with E-state index in [9.17, 15) is 14.4 Å². The van der Waals surface area contributed by atoms with Gasteiger partial charge in [-0.2, -0.15) is 0 Å². The first-order chi connectivity index (χ1) is 11.6. The number of nitrogens with one attached hydrogen (secondary N) is 2. The number of benzene rings is 1. The number of carbonyl (C=O) groups is 3. The molecule has 1 fully saturated rings. The Morgan fingerprint density at radius 2 is 2.08 bits per heavy atom. The van der Waals surface area contributed by atoms with Gasteiger partial charge in [0.2, 0.25) is 12.7 Å². The highest BCUT2D eigenvalue weighted by molar-refractivity contribution is 6.04. The number of amides is 4. The van der Waals surface area contributed by atoms with Gasteiger partial charge in [-0.3, -0.25) is 14.9 Å². The van der Waals surface area contributed by atoms with E-state index in [1.807, 2.05) is 25.1 Å². The van der Waals surface area contributed by atoms with Gasteiger partial charge in [0.05, 0.1) is 0 Å². The van der Waals surface area contributed by atoms with Crippen molar-refractivity contribution in [2.24, 2.45) is 0 Å². The molecule has 0 aromatic heterocycles. The minimum atomic E-state index is -0.634. The summed E-state index contributed by atoms with van der Waals surface area (Å²) in [5, 5.41) is 4.65. The fraction of sp³-hybridized carbons (Fsp3) is 0.438. The van der Waals surface area contributed by atoms with E-state index in [0.717, 1.165) is 5.56 Å². The Bertz CT molecular complexity index is 676. The summed E-state index contributed by atoms with van der Waals surface area (Å²) in [6.07, 6.45) is 0.477. The van der Waals surface area contributed by atoms with Crippen molar-refractivity contribution in [1.82, 2.24) is 15.5 Å². The first-order valence-electron chi connectivity index (χ1n) is 7.84. The largest absolute Gasteiger partial charge is 0.454 e. The van der Waals surface area contributed by atoms with Gasteiger partial charge in [0.15, 0.2) is 11.5 Å². The van der Waals surface area contributed by atoms with Crippen molar-refractivity contribution in [2.75, 3.05) is 13.3 Å². The molecule has 0 bridgehead atoms. The van der Waals surface area contributed by atoms with Crippen LogP contribution < -0.4 is 20.1 Å². The van der Waals surface area contributed by atoms with Crippen LogP contribution in [0.15, 0.2) is 18.2 Å². The van der Waals surface area contributed by atoms with Gasteiger partial charge in [0.1, 0.15) is 6.04 Å². The molecular formula is C16H19N3O5. The Morgan fingerprint density at radius 3 is 2.79 bits per heavy atom. The van der Waals surface area contributed by atoms with Crippen LogP contribution in [-0.2, 0) is 16.1 Å². The van der Waals surface area contributed by atoms with Crippen molar-refractivity contribution in [2.45, 2.75) is 32.4 Å². The van der Waals surface area contributed by atoms with Crippen LogP contribution >= 0.6 is 0 Å². The quantitative estimate of drug-likeness (QED) is 0.749. The Hall–Kier alpha value is -2.77. The highest BCUT2D eigenvalue weighted by Gasteiger charge is 2.30. The topological polar surface area (TPSA) is 97.0 Å². The van der Waals surface area contributed by atoms with E-state index in [2.05, 4.69) is 10.6 Å². The molecular weight excluding hydrogens is 314 g/mol. The number of hydrogen-bond acceptors (Lipinski definition) is 5. The number of urea groups is 1. The third-order valence-corrected chi connectivity index (χ3v) is 4.05. The molecule has 1 atom stereocenters. The molecule has 0 spiro atoms. The highest BCUT2D eigenvalue weighted by Crippen LogP contribution is 2.32. The van der Waals surface area contributed by atoms with Gasteiger partial charge in [-0.1, -0.05) is 6.07 Å². The normalized spacial score (nSPS) is 18.3. The Kier molecular flexibility index (Phi) is 4.54. The maximum atomic E-state index is 12.4. The summed E-state index contributed by atoms with van der Waals surface area (Å²) in [6.45, 7) is 3.12. The molecule has 8 nitrogen and oxygen atoms in total. The van der Waals surface area contributed by atoms with E-state index in [1.165, 1.54) is 0 Å². The van der Waals surface area contributed by atoms with E-state index < -0.39 is 12.1 Å². The summed E-state index contributed by atoms with van der Waals surface area (Å²) in [7, 11) is 0. The number of fused-ring (bicyclic) bond motifs is 1. The molecule has 0 unspecified atom stereocenters. The number of carbonyl (C=O) groups excluding carboxylic acids is 3. The van der Waals surface area contributed by atoms with Crippen molar-refractivity contribution in [3.8, 4) is 11.5 Å². The summed E-state index contributed by atoms with van der Waals surface area (Å²) in [5.74, 6) is 0.938. The van der Waals surface area contributed by atoms with Crippen LogP contribution in [0.4, 0.5) is 4.79 Å². The standard InChI is InChI=1S/C16H19N3O5/c1-2-19(8-10-3-5-12-13(7-10)24-9-23-12)14(20)6-4-11-15(21)18-16(22)17-11/h3,5,7,11H,2,4,6,8-9H2,1H3,(H2,17,18,21,22)/t11-/m0/s1. The Labute approximate surface area is 139 Å². The second-order valence-corrected chi connectivity index (χ2v) is 5.65. The van der Waals surface area contributed by atoms with Crippen LogP contribution in [0.25, 0.3) is 0 Å². The van der Waals surface area contributed by atoms with Crippen LogP contribution in [0.2, 0.25) is 0 Å². The van der Waals surface area contributed by atoms with Gasteiger partial charge in [-0.15, -0.1) is 0 Å². The molecule has 8 heteroatoms. The van der Waals surface area contributed by atoms with Crippen LogP contribution in [0.3, 0.4) is 0 Å². The van der Waals surface area contributed by atoms with Crippen LogP contribution in [0.5, 0.6) is 11.5 Å². The average molecular weight is 333 g/mol. The van der Waals surface area contributed by atoms with Gasteiger partial charge < -0.3 is 19.7 Å². The summed E-state index contributed by atoms with van der Waals surface area (Å²) in [6, 6.07) is 4.45. The Morgan fingerprint density at radius 1 is 1.29 bits per heavy atom. The summed E-state index contributed by atoms with van der Waals surface area (Å²) >= 11 is 0. The fourth-order valence-electron chi connectivity index (χ4n) is 2.72. The van der Waals surface area contributed by atoms with Gasteiger partial charge in [0.25, 0.3) is 5.91 Å². The zero-order valence-corrected chi connectivity index (χ0v) is 13.3. The molecule has 0 radical (unpaired) electrons. The molecule has 0 aliphatic carbocycles. The van der Waals surface area contributed by atoms with E-state index >= 15 is 0 Å². The minimum absolute atomic E-state index is 0.0656. The van der Waals surface area contributed by atoms with Gasteiger partial charge >= 0.3 is 6.03 Å². The first kappa shape index (κ1) is 16.1. The monoisotopic (exact) mass is 333 g/mol. The maximum Gasteiger partial charge on any atom is 0.322 e. The predicted octanol–water partition coefficient (Wildman–Crippen LogP) is 0.752. The number of ether oxygens (including phenoxy) is 2. The Balaban J connectivity index is 1.56. The predicted molar refractivity (Wildman–Crippen MR) is 83.4 cm³/mol. The van der Waals surface area contributed by atoms with E-state index in [1.54, 1.807) is 4.90 Å². The SMILES string of the molecule is CCN(Cc1ccc2c(c1)OCO2)C(=O)CC[C@@H]1NC(=O)NC1=O. The van der Waals surface area contributed by atoms with Crippen LogP contribution in [0.1, 0.15) is 25.3 Å². The molecule has 0 saturated carbocycles. The molecule has 1 saturated heterocycles. The highest BCUT2D eigenvalue weighted by atomic mass is 16.7. The van der Waals surface area contributed by atoms with Gasteiger partial charge in [0, 0.05) is 19.5 Å². The second-order valence-electron chi connectivity index (χ2n) is 5.65. The molecule has 2 aliphatic heterocycles. The summed E-state index contributed by atoms with van der Waals surface area (Å²) in [5.41, 5.74) is 0.946. The van der Waals surface area contributed by atoms with Crippen molar-refractivity contribution in [3.63, 3.8) is 0 Å². The fourth-order valence-corrected chi connectivity index (χ4v) is 2.72. The maximum absolute atomic E-state index is 12.4. The number of rotatable bonds is 6. The lowest BCUT2D eigenvalue weighted by Crippen LogP contribution is -2.34. The minimum Gasteiger partial charge on any atom is -0.454 e. The second kappa shape index (κ2) is 6.77. The van der Waals surface area contributed by atoms with Crippen molar-refractivity contribution >= 4 is 17.8 Å². The molecule has 1 aromatic carbocycles. The van der Waals surface area contributed by atoms with Gasteiger partial charge in [-0.05, 0) is 31.0 Å². The third-order valence-electron chi connectivity index (χ3n) is 4.05.